The SMILES string of the molecule is CCC(C1CCCN1)N(c1ccc(OC)c(F)c1)c1nc(N)nc(NCc2ccc([N+](=O)[O-])cc2)n1. The number of nitrogen functional groups attached to an aromatic ring is 1. The number of nitrogens with one attached hydrogen (secondary N) is 2. The molecule has 2 aromatic carbocycles. The summed E-state index contributed by atoms with van der Waals surface area (Å²) in [4.78, 5) is 25.5. The van der Waals surface area contributed by atoms with Gasteiger partial charge in [0.05, 0.1) is 18.1 Å². The highest BCUT2D eigenvalue weighted by molar-refractivity contribution is 5.62. The highest BCUT2D eigenvalue weighted by Crippen LogP contribution is 2.33. The predicted octanol–water partition coefficient (Wildman–Crippen LogP) is 3.79. The number of nitro groups is 1. The van der Waals surface area contributed by atoms with Gasteiger partial charge >= 0.3 is 0 Å². The first-order valence-electron chi connectivity index (χ1n) is 11.7. The van der Waals surface area contributed by atoms with Gasteiger partial charge in [-0.05, 0) is 43.5 Å². The fraction of sp³-hybridized carbons (Fsp3) is 0.375. The fourth-order valence-electron chi connectivity index (χ4n) is 4.43. The Morgan fingerprint density at radius 1 is 1.28 bits per heavy atom. The van der Waals surface area contributed by atoms with Gasteiger partial charge in [0.1, 0.15) is 0 Å². The highest BCUT2D eigenvalue weighted by Gasteiger charge is 2.32. The third-order valence-electron chi connectivity index (χ3n) is 6.18. The number of methoxy groups -OCH3 is 1. The monoisotopic (exact) mass is 496 g/mol. The second kappa shape index (κ2) is 11.1. The number of rotatable bonds is 10. The van der Waals surface area contributed by atoms with Gasteiger partial charge in [-0.3, -0.25) is 10.1 Å². The van der Waals surface area contributed by atoms with E-state index in [1.807, 2.05) is 4.90 Å². The Labute approximate surface area is 208 Å². The van der Waals surface area contributed by atoms with Gasteiger partial charge in [0.25, 0.3) is 5.69 Å². The first-order chi connectivity index (χ1) is 17.4. The van der Waals surface area contributed by atoms with Crippen molar-refractivity contribution >= 4 is 29.2 Å². The predicted molar refractivity (Wildman–Crippen MR) is 135 cm³/mol. The van der Waals surface area contributed by atoms with Gasteiger partial charge in [-0.25, -0.2) is 4.39 Å². The Hall–Kier alpha value is -4.06. The van der Waals surface area contributed by atoms with Crippen molar-refractivity contribution in [3.05, 3.63) is 64.0 Å². The Balaban J connectivity index is 1.66. The number of anilines is 4. The van der Waals surface area contributed by atoms with Crippen LogP contribution in [0.5, 0.6) is 5.75 Å². The summed E-state index contributed by atoms with van der Waals surface area (Å²) >= 11 is 0. The van der Waals surface area contributed by atoms with Crippen LogP contribution < -0.4 is 26.0 Å². The molecular weight excluding hydrogens is 467 g/mol. The van der Waals surface area contributed by atoms with Crippen molar-refractivity contribution in [1.82, 2.24) is 20.3 Å². The van der Waals surface area contributed by atoms with Crippen LogP contribution in [0.4, 0.5) is 33.6 Å². The summed E-state index contributed by atoms with van der Waals surface area (Å²) in [7, 11) is 1.42. The summed E-state index contributed by atoms with van der Waals surface area (Å²) in [5, 5.41) is 17.5. The number of hydrogen-bond acceptors (Lipinski definition) is 10. The number of ether oxygens (including phenoxy) is 1. The minimum atomic E-state index is -0.493. The molecule has 0 amide bonds. The zero-order valence-electron chi connectivity index (χ0n) is 20.1. The molecule has 36 heavy (non-hydrogen) atoms. The van der Waals surface area contributed by atoms with E-state index in [-0.39, 0.29) is 35.4 Å². The van der Waals surface area contributed by atoms with Crippen LogP contribution in [0, 0.1) is 15.9 Å². The minimum Gasteiger partial charge on any atom is -0.494 e. The van der Waals surface area contributed by atoms with E-state index in [9.17, 15) is 14.5 Å². The first kappa shape index (κ1) is 25.0. The number of nitro benzene ring substituents is 1. The van der Waals surface area contributed by atoms with Crippen molar-refractivity contribution in [2.24, 2.45) is 0 Å². The zero-order chi connectivity index (χ0) is 25.7. The van der Waals surface area contributed by atoms with Crippen LogP contribution in [-0.4, -0.2) is 45.6 Å². The van der Waals surface area contributed by atoms with Gasteiger partial charge < -0.3 is 26.0 Å². The van der Waals surface area contributed by atoms with Crippen molar-refractivity contribution in [1.29, 1.82) is 0 Å². The molecule has 0 bridgehead atoms. The topological polar surface area (TPSA) is 144 Å². The van der Waals surface area contributed by atoms with E-state index in [0.29, 0.717) is 18.2 Å². The van der Waals surface area contributed by atoms with Crippen molar-refractivity contribution in [3.63, 3.8) is 0 Å². The molecule has 1 aromatic heterocycles. The summed E-state index contributed by atoms with van der Waals surface area (Å²) in [6, 6.07) is 11.0. The van der Waals surface area contributed by atoms with Crippen molar-refractivity contribution in [3.8, 4) is 5.75 Å². The standard InChI is InChI=1S/C24H29FN8O3/c1-3-20(19-5-4-12-27-19)32(17-10-11-21(36-2)18(25)13-17)24-30-22(26)29-23(31-24)28-14-15-6-8-16(9-7-15)33(34)35/h6-11,13,19-20,27H,3-5,12,14H2,1-2H3,(H3,26,28,29,30,31). The van der Waals surface area contributed by atoms with Crippen molar-refractivity contribution < 1.29 is 14.1 Å². The molecule has 3 aromatic rings. The van der Waals surface area contributed by atoms with E-state index < -0.39 is 10.7 Å². The fourth-order valence-corrected chi connectivity index (χ4v) is 4.43. The lowest BCUT2D eigenvalue weighted by molar-refractivity contribution is -0.384. The average molecular weight is 497 g/mol. The molecule has 12 heteroatoms. The quantitative estimate of drug-likeness (QED) is 0.280. The molecule has 0 radical (unpaired) electrons. The van der Waals surface area contributed by atoms with E-state index in [0.717, 1.165) is 31.4 Å². The molecule has 11 nitrogen and oxygen atoms in total. The molecule has 1 fully saturated rings. The van der Waals surface area contributed by atoms with Crippen molar-refractivity contribution in [2.45, 2.75) is 44.8 Å². The Kier molecular flexibility index (Phi) is 7.74. The zero-order valence-corrected chi connectivity index (χ0v) is 20.1. The summed E-state index contributed by atoms with van der Waals surface area (Å²) in [6.45, 7) is 3.29. The third kappa shape index (κ3) is 5.60. The molecule has 0 saturated carbocycles. The molecule has 1 saturated heterocycles. The van der Waals surface area contributed by atoms with E-state index in [2.05, 4.69) is 32.5 Å². The molecule has 0 spiro atoms. The number of nitrogens with two attached hydrogens (primary N) is 1. The Morgan fingerprint density at radius 3 is 2.67 bits per heavy atom. The second-order valence-electron chi connectivity index (χ2n) is 8.46. The maximum atomic E-state index is 14.7. The number of hydrogen-bond donors (Lipinski definition) is 3. The van der Waals surface area contributed by atoms with E-state index in [1.54, 1.807) is 24.3 Å². The maximum absolute atomic E-state index is 14.7. The highest BCUT2D eigenvalue weighted by atomic mass is 19.1. The third-order valence-corrected chi connectivity index (χ3v) is 6.18. The lowest BCUT2D eigenvalue weighted by Crippen LogP contribution is -2.46. The number of aromatic nitrogens is 3. The summed E-state index contributed by atoms with van der Waals surface area (Å²) < 4.78 is 19.8. The Bertz CT molecular complexity index is 1200. The second-order valence-corrected chi connectivity index (χ2v) is 8.46. The minimum absolute atomic E-state index is 0.0129. The lowest BCUT2D eigenvalue weighted by Gasteiger charge is -2.35. The smallest absolute Gasteiger partial charge is 0.269 e. The summed E-state index contributed by atoms with van der Waals surface area (Å²) in [5.74, 6) is 0.196. The molecule has 2 atom stereocenters. The van der Waals surface area contributed by atoms with Crippen molar-refractivity contribution in [2.75, 3.05) is 29.6 Å². The molecule has 4 N–H and O–H groups in total. The van der Waals surface area contributed by atoms with Gasteiger partial charge in [-0.1, -0.05) is 19.1 Å². The molecule has 2 unspecified atom stereocenters. The van der Waals surface area contributed by atoms with Gasteiger partial charge in [0.2, 0.25) is 17.8 Å². The van der Waals surface area contributed by atoms with Gasteiger partial charge in [-0.15, -0.1) is 0 Å². The largest absolute Gasteiger partial charge is 0.494 e. The maximum Gasteiger partial charge on any atom is 0.269 e. The summed E-state index contributed by atoms with van der Waals surface area (Å²) in [5.41, 5.74) is 7.44. The average Bonchev–Trinajstić information content (AvgIpc) is 3.40. The number of halogens is 1. The molecule has 1 aliphatic rings. The van der Waals surface area contributed by atoms with Gasteiger partial charge in [0.15, 0.2) is 11.6 Å². The molecular formula is C24H29FN8O3. The number of benzene rings is 2. The lowest BCUT2D eigenvalue weighted by atomic mass is 10.0. The van der Waals surface area contributed by atoms with Crippen LogP contribution in [0.2, 0.25) is 0 Å². The van der Waals surface area contributed by atoms with Crippen LogP contribution in [0.15, 0.2) is 42.5 Å². The number of non-ortho nitro benzene ring substituents is 1. The van der Waals surface area contributed by atoms with Crippen LogP contribution in [-0.2, 0) is 6.54 Å². The van der Waals surface area contributed by atoms with E-state index in [4.69, 9.17) is 10.5 Å². The molecule has 2 heterocycles. The van der Waals surface area contributed by atoms with Gasteiger partial charge in [0, 0.05) is 36.5 Å². The molecule has 4 rings (SSSR count). The summed E-state index contributed by atoms with van der Waals surface area (Å²) in [6.07, 6.45) is 2.77. The number of nitrogens with zero attached hydrogens (tertiary/aromatic N) is 5. The van der Waals surface area contributed by atoms with Gasteiger partial charge in [-0.2, -0.15) is 15.0 Å². The van der Waals surface area contributed by atoms with E-state index in [1.165, 1.54) is 25.3 Å². The molecule has 1 aliphatic heterocycles. The van der Waals surface area contributed by atoms with Crippen LogP contribution >= 0.6 is 0 Å². The van der Waals surface area contributed by atoms with Crippen LogP contribution in [0.1, 0.15) is 31.7 Å². The Morgan fingerprint density at radius 2 is 2.06 bits per heavy atom. The first-order valence-corrected chi connectivity index (χ1v) is 11.7. The molecule has 190 valence electrons. The normalized spacial score (nSPS) is 15.9. The van der Waals surface area contributed by atoms with E-state index >= 15 is 0 Å². The van der Waals surface area contributed by atoms with Crippen LogP contribution in [0.3, 0.4) is 0 Å². The molecule has 0 aliphatic carbocycles. The van der Waals surface area contributed by atoms with Crippen LogP contribution in [0.25, 0.3) is 0 Å².